The fourth-order valence-electron chi connectivity index (χ4n) is 2.15. The van der Waals surface area contributed by atoms with Crippen molar-refractivity contribution >= 4 is 51.5 Å². The standard InChI is InChI=1S/C17H13Cl2NO2S/c18-13-7-6-12(10-14(13)19)20-17(21)15-16(23-9-8-22-15)11-4-2-1-3-5-11/h1-7,10H,8-9H2,(H,20,21). The van der Waals surface area contributed by atoms with Crippen LogP contribution in [0.2, 0.25) is 10.0 Å². The highest BCUT2D eigenvalue weighted by atomic mass is 35.5. The first-order chi connectivity index (χ1) is 11.1. The summed E-state index contributed by atoms with van der Waals surface area (Å²) >= 11 is 13.5. The van der Waals surface area contributed by atoms with Crippen molar-refractivity contribution in [2.75, 3.05) is 17.7 Å². The predicted octanol–water partition coefficient (Wildman–Crippen LogP) is 5.06. The summed E-state index contributed by atoms with van der Waals surface area (Å²) in [6.45, 7) is 0.505. The van der Waals surface area contributed by atoms with Gasteiger partial charge in [-0.15, -0.1) is 11.8 Å². The quantitative estimate of drug-likeness (QED) is 0.825. The molecular formula is C17H13Cl2NO2S. The van der Waals surface area contributed by atoms with E-state index in [4.69, 9.17) is 27.9 Å². The zero-order chi connectivity index (χ0) is 16.2. The molecule has 23 heavy (non-hydrogen) atoms. The Morgan fingerprint density at radius 3 is 2.61 bits per heavy atom. The number of carbonyl (C=O) groups is 1. The number of rotatable bonds is 3. The van der Waals surface area contributed by atoms with Crippen LogP contribution in [0.5, 0.6) is 0 Å². The Hall–Kier alpha value is -1.62. The maximum Gasteiger partial charge on any atom is 0.291 e. The van der Waals surface area contributed by atoms with Crippen LogP contribution in [-0.2, 0) is 9.53 Å². The Kier molecular flexibility index (Phi) is 5.16. The molecule has 1 heterocycles. The van der Waals surface area contributed by atoms with E-state index in [1.807, 2.05) is 30.3 Å². The molecular weight excluding hydrogens is 353 g/mol. The Bertz CT molecular complexity index is 762. The van der Waals surface area contributed by atoms with E-state index in [-0.39, 0.29) is 5.91 Å². The van der Waals surface area contributed by atoms with Crippen LogP contribution in [0.25, 0.3) is 4.91 Å². The van der Waals surface area contributed by atoms with E-state index in [0.29, 0.717) is 28.1 Å². The highest BCUT2D eigenvalue weighted by molar-refractivity contribution is 8.08. The molecule has 0 atom stereocenters. The summed E-state index contributed by atoms with van der Waals surface area (Å²) in [5.41, 5.74) is 1.54. The van der Waals surface area contributed by atoms with Crippen molar-refractivity contribution in [3.63, 3.8) is 0 Å². The molecule has 1 N–H and O–H groups in total. The van der Waals surface area contributed by atoms with Gasteiger partial charge in [0.05, 0.1) is 21.6 Å². The molecule has 0 radical (unpaired) electrons. The van der Waals surface area contributed by atoms with Crippen LogP contribution in [0.15, 0.2) is 54.3 Å². The average molecular weight is 366 g/mol. The largest absolute Gasteiger partial charge is 0.486 e. The number of hydrogen-bond acceptors (Lipinski definition) is 3. The molecule has 0 spiro atoms. The molecule has 0 unspecified atom stereocenters. The third kappa shape index (κ3) is 3.83. The monoisotopic (exact) mass is 365 g/mol. The van der Waals surface area contributed by atoms with E-state index in [9.17, 15) is 4.79 Å². The number of hydrogen-bond donors (Lipinski definition) is 1. The lowest BCUT2D eigenvalue weighted by molar-refractivity contribution is -0.115. The molecule has 118 valence electrons. The number of benzene rings is 2. The molecule has 2 aromatic carbocycles. The minimum absolute atomic E-state index is 0.297. The fourth-order valence-corrected chi connectivity index (χ4v) is 3.41. The second-order valence-electron chi connectivity index (χ2n) is 4.80. The molecule has 2 aromatic rings. The van der Waals surface area contributed by atoms with Crippen molar-refractivity contribution in [2.45, 2.75) is 0 Å². The lowest BCUT2D eigenvalue weighted by Gasteiger charge is -2.20. The maximum absolute atomic E-state index is 12.6. The van der Waals surface area contributed by atoms with Crippen LogP contribution in [0.1, 0.15) is 5.56 Å². The highest BCUT2D eigenvalue weighted by Crippen LogP contribution is 2.35. The van der Waals surface area contributed by atoms with Gasteiger partial charge in [-0.3, -0.25) is 4.79 Å². The predicted molar refractivity (Wildman–Crippen MR) is 96.9 cm³/mol. The first-order valence-electron chi connectivity index (χ1n) is 6.97. The van der Waals surface area contributed by atoms with E-state index in [1.54, 1.807) is 30.0 Å². The van der Waals surface area contributed by atoms with Crippen LogP contribution < -0.4 is 5.32 Å². The van der Waals surface area contributed by atoms with E-state index < -0.39 is 0 Å². The molecule has 0 fully saturated rings. The van der Waals surface area contributed by atoms with Gasteiger partial charge in [0.15, 0.2) is 5.76 Å². The summed E-state index contributed by atoms with van der Waals surface area (Å²) in [6, 6.07) is 14.7. The molecule has 1 aliphatic heterocycles. The fraction of sp³-hybridized carbons (Fsp3) is 0.118. The molecule has 3 rings (SSSR count). The number of carbonyl (C=O) groups excluding carboxylic acids is 1. The Morgan fingerprint density at radius 1 is 1.09 bits per heavy atom. The van der Waals surface area contributed by atoms with Gasteiger partial charge in [-0.05, 0) is 23.8 Å². The van der Waals surface area contributed by atoms with Gasteiger partial charge in [0.1, 0.15) is 0 Å². The van der Waals surface area contributed by atoms with Crippen molar-refractivity contribution in [3.05, 3.63) is 69.9 Å². The topological polar surface area (TPSA) is 38.3 Å². The van der Waals surface area contributed by atoms with Gasteiger partial charge in [0.2, 0.25) is 0 Å². The molecule has 1 amide bonds. The molecule has 0 aromatic heterocycles. The summed E-state index contributed by atoms with van der Waals surface area (Å²) in [5.74, 6) is 0.848. The third-order valence-corrected chi connectivity index (χ3v) is 5.02. The van der Waals surface area contributed by atoms with Gasteiger partial charge in [0.25, 0.3) is 5.91 Å². The summed E-state index contributed by atoms with van der Waals surface area (Å²) in [6.07, 6.45) is 0. The van der Waals surface area contributed by atoms with Crippen molar-refractivity contribution in [1.82, 2.24) is 0 Å². The first-order valence-corrected chi connectivity index (χ1v) is 8.71. The Balaban J connectivity index is 1.89. The van der Waals surface area contributed by atoms with Gasteiger partial charge in [-0.1, -0.05) is 53.5 Å². The zero-order valence-corrected chi connectivity index (χ0v) is 14.3. The second-order valence-corrected chi connectivity index (χ2v) is 6.72. The van der Waals surface area contributed by atoms with Crippen LogP contribution in [0, 0.1) is 0 Å². The van der Waals surface area contributed by atoms with E-state index in [2.05, 4.69) is 5.32 Å². The van der Waals surface area contributed by atoms with Crippen LogP contribution in [0.3, 0.4) is 0 Å². The van der Waals surface area contributed by atoms with Crippen molar-refractivity contribution in [2.24, 2.45) is 0 Å². The number of halogens is 2. The van der Waals surface area contributed by atoms with E-state index in [1.165, 1.54) is 0 Å². The van der Waals surface area contributed by atoms with Crippen LogP contribution in [0.4, 0.5) is 5.69 Å². The molecule has 3 nitrogen and oxygen atoms in total. The van der Waals surface area contributed by atoms with Crippen molar-refractivity contribution < 1.29 is 9.53 Å². The van der Waals surface area contributed by atoms with Crippen molar-refractivity contribution in [3.8, 4) is 0 Å². The van der Waals surface area contributed by atoms with Crippen LogP contribution >= 0.6 is 35.0 Å². The number of thioether (sulfide) groups is 1. The lowest BCUT2D eigenvalue weighted by Crippen LogP contribution is -2.21. The van der Waals surface area contributed by atoms with Gasteiger partial charge >= 0.3 is 0 Å². The number of nitrogens with one attached hydrogen (secondary N) is 1. The highest BCUT2D eigenvalue weighted by Gasteiger charge is 2.23. The van der Waals surface area contributed by atoms with E-state index >= 15 is 0 Å². The number of ether oxygens (including phenoxy) is 1. The van der Waals surface area contributed by atoms with Crippen molar-refractivity contribution in [1.29, 1.82) is 0 Å². The molecule has 0 bridgehead atoms. The lowest BCUT2D eigenvalue weighted by atomic mass is 10.2. The van der Waals surface area contributed by atoms with Crippen LogP contribution in [-0.4, -0.2) is 18.3 Å². The second kappa shape index (κ2) is 7.30. The minimum Gasteiger partial charge on any atom is -0.486 e. The van der Waals surface area contributed by atoms with Gasteiger partial charge in [-0.2, -0.15) is 0 Å². The first kappa shape index (κ1) is 16.2. The number of anilines is 1. The third-order valence-electron chi connectivity index (χ3n) is 3.20. The maximum atomic E-state index is 12.6. The van der Waals surface area contributed by atoms with Gasteiger partial charge in [0, 0.05) is 11.4 Å². The number of amides is 1. The van der Waals surface area contributed by atoms with E-state index in [0.717, 1.165) is 16.2 Å². The van der Waals surface area contributed by atoms with Gasteiger partial charge < -0.3 is 10.1 Å². The Labute approximate surface area is 148 Å². The minimum atomic E-state index is -0.297. The molecule has 0 saturated carbocycles. The smallest absolute Gasteiger partial charge is 0.291 e. The summed E-state index contributed by atoms with van der Waals surface area (Å²) < 4.78 is 5.62. The summed E-state index contributed by atoms with van der Waals surface area (Å²) in [7, 11) is 0. The summed E-state index contributed by atoms with van der Waals surface area (Å²) in [5, 5.41) is 3.63. The normalized spacial score (nSPS) is 14.3. The summed E-state index contributed by atoms with van der Waals surface area (Å²) in [4.78, 5) is 13.4. The Morgan fingerprint density at radius 2 is 1.87 bits per heavy atom. The SMILES string of the molecule is O=C(Nc1ccc(Cl)c(Cl)c1)C1=C(c2ccccc2)SCCO1. The molecule has 0 saturated heterocycles. The van der Waals surface area contributed by atoms with Gasteiger partial charge in [-0.25, -0.2) is 0 Å². The molecule has 0 aliphatic carbocycles. The zero-order valence-electron chi connectivity index (χ0n) is 12.0. The molecule has 6 heteroatoms. The molecule has 1 aliphatic rings. The average Bonchev–Trinajstić information content (AvgIpc) is 2.59.